The predicted molar refractivity (Wildman–Crippen MR) is 101 cm³/mol. The Morgan fingerprint density at radius 3 is 2.21 bits per heavy atom. The van der Waals surface area contributed by atoms with Gasteiger partial charge in [-0.25, -0.2) is 0 Å². The molecule has 2 unspecified atom stereocenters. The van der Waals surface area contributed by atoms with Crippen molar-refractivity contribution in [2.45, 2.75) is 51.9 Å². The molecule has 5 nitrogen and oxygen atoms in total. The van der Waals surface area contributed by atoms with Gasteiger partial charge in [-0.3, -0.25) is 0 Å². The third-order valence-corrected chi connectivity index (χ3v) is 8.16. The summed E-state index contributed by atoms with van der Waals surface area (Å²) >= 11 is 0. The Balaban J connectivity index is 0.00000208. The predicted octanol–water partition coefficient (Wildman–Crippen LogP) is 2.49. The molecule has 2 saturated heterocycles. The van der Waals surface area contributed by atoms with Crippen LogP contribution in [0.4, 0.5) is 0 Å². The second-order valence-corrected chi connectivity index (χ2v) is 9.54. The molecule has 2 heterocycles. The van der Waals surface area contributed by atoms with E-state index in [9.17, 15) is 8.42 Å². The Morgan fingerprint density at radius 1 is 0.917 bits per heavy atom. The van der Waals surface area contributed by atoms with E-state index >= 15 is 0 Å². The maximum Gasteiger partial charge on any atom is 0.281 e. The maximum atomic E-state index is 13.0. The van der Waals surface area contributed by atoms with Gasteiger partial charge in [0.25, 0.3) is 10.2 Å². The standard InChI is InChI=1S/C17H33N3O2S.ClH/c1-2-18-13-15-7-10-19(11-8-15)23(21,22)20-12-9-16-5-3-4-6-17(16)14-20;/h15-18H,2-14H2,1H3;1H. The fourth-order valence-corrected chi connectivity index (χ4v) is 6.35. The molecule has 0 bridgehead atoms. The third kappa shape index (κ3) is 4.64. The van der Waals surface area contributed by atoms with E-state index in [2.05, 4.69) is 12.2 Å². The number of fused-ring (bicyclic) bond motifs is 1. The fourth-order valence-electron chi connectivity index (χ4n) is 4.63. The van der Waals surface area contributed by atoms with Crippen molar-refractivity contribution in [2.75, 3.05) is 39.3 Å². The van der Waals surface area contributed by atoms with Crippen LogP contribution in [-0.4, -0.2) is 56.3 Å². The van der Waals surface area contributed by atoms with Gasteiger partial charge in [-0.05, 0) is 56.5 Å². The summed E-state index contributed by atoms with van der Waals surface area (Å²) < 4.78 is 29.5. The zero-order chi connectivity index (χ0) is 16.3. The highest BCUT2D eigenvalue weighted by Gasteiger charge is 2.39. The number of hydrogen-bond donors (Lipinski definition) is 1. The molecule has 7 heteroatoms. The Kier molecular flexibility index (Phi) is 7.81. The highest BCUT2D eigenvalue weighted by molar-refractivity contribution is 7.86. The van der Waals surface area contributed by atoms with Crippen LogP contribution in [0.5, 0.6) is 0 Å². The van der Waals surface area contributed by atoms with Crippen molar-refractivity contribution in [2.24, 2.45) is 17.8 Å². The first kappa shape index (κ1) is 20.4. The van der Waals surface area contributed by atoms with Gasteiger partial charge in [-0.2, -0.15) is 17.0 Å². The lowest BCUT2D eigenvalue weighted by Crippen LogP contribution is -2.52. The van der Waals surface area contributed by atoms with E-state index in [1.54, 1.807) is 8.61 Å². The van der Waals surface area contributed by atoms with Gasteiger partial charge in [-0.15, -0.1) is 12.4 Å². The molecule has 1 N–H and O–H groups in total. The molecule has 3 aliphatic rings. The quantitative estimate of drug-likeness (QED) is 0.798. The fraction of sp³-hybridized carbons (Fsp3) is 1.00. The number of nitrogens with one attached hydrogen (secondary N) is 1. The lowest BCUT2D eigenvalue weighted by atomic mass is 9.76. The van der Waals surface area contributed by atoms with Crippen molar-refractivity contribution >= 4 is 22.6 Å². The van der Waals surface area contributed by atoms with Crippen LogP contribution in [0, 0.1) is 17.8 Å². The summed E-state index contributed by atoms with van der Waals surface area (Å²) in [7, 11) is -3.23. The number of nitrogens with zero attached hydrogens (tertiary/aromatic N) is 2. The molecule has 2 atom stereocenters. The highest BCUT2D eigenvalue weighted by Crippen LogP contribution is 2.37. The van der Waals surface area contributed by atoms with E-state index in [1.165, 1.54) is 25.7 Å². The van der Waals surface area contributed by atoms with E-state index in [0.29, 0.717) is 24.9 Å². The van der Waals surface area contributed by atoms with Crippen LogP contribution >= 0.6 is 12.4 Å². The Hall–Kier alpha value is 0.120. The van der Waals surface area contributed by atoms with E-state index in [1.807, 2.05) is 0 Å². The lowest BCUT2D eigenvalue weighted by molar-refractivity contribution is 0.129. The molecule has 3 fully saturated rings. The van der Waals surface area contributed by atoms with E-state index in [0.717, 1.165) is 51.4 Å². The van der Waals surface area contributed by atoms with Crippen LogP contribution in [0.1, 0.15) is 51.9 Å². The molecule has 2 aliphatic heterocycles. The Morgan fingerprint density at radius 2 is 1.54 bits per heavy atom. The highest BCUT2D eigenvalue weighted by atomic mass is 35.5. The minimum absolute atomic E-state index is 0. The molecule has 3 rings (SSSR count). The minimum atomic E-state index is -3.23. The number of rotatable bonds is 5. The van der Waals surface area contributed by atoms with Crippen LogP contribution in [0.15, 0.2) is 0 Å². The van der Waals surface area contributed by atoms with E-state index in [-0.39, 0.29) is 12.4 Å². The minimum Gasteiger partial charge on any atom is -0.317 e. The van der Waals surface area contributed by atoms with Crippen molar-refractivity contribution < 1.29 is 8.42 Å². The molecular formula is C17H34ClN3O2S. The maximum absolute atomic E-state index is 13.0. The molecule has 0 amide bonds. The second-order valence-electron chi connectivity index (χ2n) is 7.61. The van der Waals surface area contributed by atoms with Crippen molar-refractivity contribution in [3.05, 3.63) is 0 Å². The summed E-state index contributed by atoms with van der Waals surface area (Å²) in [5.74, 6) is 2.02. The molecule has 1 saturated carbocycles. The van der Waals surface area contributed by atoms with Crippen molar-refractivity contribution in [3.8, 4) is 0 Å². The zero-order valence-electron chi connectivity index (χ0n) is 15.0. The lowest BCUT2D eigenvalue weighted by Gasteiger charge is -2.43. The molecule has 0 spiro atoms. The summed E-state index contributed by atoms with van der Waals surface area (Å²) in [4.78, 5) is 0. The van der Waals surface area contributed by atoms with E-state index in [4.69, 9.17) is 0 Å². The Labute approximate surface area is 154 Å². The van der Waals surface area contributed by atoms with Crippen LogP contribution < -0.4 is 5.32 Å². The Bertz CT molecular complexity index is 480. The molecule has 24 heavy (non-hydrogen) atoms. The first-order chi connectivity index (χ1) is 11.1. The van der Waals surface area contributed by atoms with Crippen LogP contribution in [0.2, 0.25) is 0 Å². The van der Waals surface area contributed by atoms with Gasteiger partial charge in [0.15, 0.2) is 0 Å². The first-order valence-corrected chi connectivity index (χ1v) is 11.0. The van der Waals surface area contributed by atoms with Gasteiger partial charge in [-0.1, -0.05) is 26.2 Å². The molecule has 0 radical (unpaired) electrons. The van der Waals surface area contributed by atoms with E-state index < -0.39 is 10.2 Å². The second kappa shape index (κ2) is 9.17. The molecule has 1 aliphatic carbocycles. The van der Waals surface area contributed by atoms with Gasteiger partial charge in [0.1, 0.15) is 0 Å². The molecular weight excluding hydrogens is 346 g/mol. The van der Waals surface area contributed by atoms with Crippen molar-refractivity contribution in [3.63, 3.8) is 0 Å². The SMILES string of the molecule is CCNCC1CCN(S(=O)(=O)N2CCC3CCCCC3C2)CC1.Cl. The molecule has 0 aromatic rings. The van der Waals surface area contributed by atoms with Crippen LogP contribution in [-0.2, 0) is 10.2 Å². The summed E-state index contributed by atoms with van der Waals surface area (Å²) in [5, 5.41) is 3.39. The van der Waals surface area contributed by atoms with Gasteiger partial charge in [0, 0.05) is 26.2 Å². The third-order valence-electron chi connectivity index (χ3n) is 6.16. The van der Waals surface area contributed by atoms with Crippen molar-refractivity contribution in [1.82, 2.24) is 13.9 Å². The number of hydrogen-bond acceptors (Lipinski definition) is 3. The van der Waals surface area contributed by atoms with Gasteiger partial charge >= 0.3 is 0 Å². The van der Waals surface area contributed by atoms with Crippen molar-refractivity contribution in [1.29, 1.82) is 0 Å². The van der Waals surface area contributed by atoms with Crippen LogP contribution in [0.25, 0.3) is 0 Å². The molecule has 0 aromatic carbocycles. The van der Waals surface area contributed by atoms with Gasteiger partial charge in [0.05, 0.1) is 0 Å². The topological polar surface area (TPSA) is 52.7 Å². The molecule has 0 aromatic heterocycles. The zero-order valence-corrected chi connectivity index (χ0v) is 16.6. The monoisotopic (exact) mass is 379 g/mol. The smallest absolute Gasteiger partial charge is 0.281 e. The average molecular weight is 380 g/mol. The summed E-state index contributed by atoms with van der Waals surface area (Å²) in [6, 6.07) is 0. The van der Waals surface area contributed by atoms with Crippen LogP contribution in [0.3, 0.4) is 0 Å². The summed E-state index contributed by atoms with van der Waals surface area (Å²) in [6.07, 6.45) is 8.22. The first-order valence-electron chi connectivity index (χ1n) is 9.57. The number of halogens is 1. The largest absolute Gasteiger partial charge is 0.317 e. The van der Waals surface area contributed by atoms with Gasteiger partial charge in [0.2, 0.25) is 0 Å². The summed E-state index contributed by atoms with van der Waals surface area (Å²) in [5.41, 5.74) is 0. The molecule has 142 valence electrons. The summed E-state index contributed by atoms with van der Waals surface area (Å²) in [6.45, 7) is 7.04. The average Bonchev–Trinajstić information content (AvgIpc) is 2.60. The van der Waals surface area contributed by atoms with Gasteiger partial charge < -0.3 is 5.32 Å². The number of piperidine rings is 2. The normalized spacial score (nSPS) is 30.5.